The molecular weight excluding hydrogens is 514 g/mol. The van der Waals surface area contributed by atoms with Crippen molar-refractivity contribution < 1.29 is 37.8 Å². The molecule has 11 nitrogen and oxygen atoms in total. The van der Waals surface area contributed by atoms with Gasteiger partial charge in [-0.15, -0.1) is 0 Å². The van der Waals surface area contributed by atoms with Crippen LogP contribution in [0.25, 0.3) is 22.0 Å². The van der Waals surface area contributed by atoms with Crippen molar-refractivity contribution in [3.8, 4) is 16.9 Å². The van der Waals surface area contributed by atoms with Gasteiger partial charge in [-0.05, 0) is 30.7 Å². The van der Waals surface area contributed by atoms with Crippen molar-refractivity contribution in [3.05, 3.63) is 40.5 Å². The number of carboxylic acids is 1. The number of carbonyl (C=O) groups is 3. The van der Waals surface area contributed by atoms with Crippen molar-refractivity contribution in [3.63, 3.8) is 0 Å². The van der Waals surface area contributed by atoms with Crippen molar-refractivity contribution in [1.29, 1.82) is 0 Å². The molecule has 13 heteroatoms. The van der Waals surface area contributed by atoms with Crippen LogP contribution in [0.3, 0.4) is 0 Å². The molecule has 0 saturated carbocycles. The molecule has 4 rings (SSSR count). The average molecular weight is 536 g/mol. The summed E-state index contributed by atoms with van der Waals surface area (Å²) in [4.78, 5) is 39.6. The lowest BCUT2D eigenvalue weighted by Gasteiger charge is -2.20. The number of hydrogen-bond acceptors (Lipinski definition) is 7. The fraction of sp³-hybridized carbons (Fsp3) is 0.261. The minimum atomic E-state index is -4.16. The van der Waals surface area contributed by atoms with Crippen LogP contribution in [-0.2, 0) is 19.4 Å². The second-order valence-electron chi connectivity index (χ2n) is 8.21. The Bertz CT molecular complexity index is 1520. The van der Waals surface area contributed by atoms with E-state index < -0.39 is 66.9 Å². The third-order valence-corrected chi connectivity index (χ3v) is 8.00. The number of H-pyrrole nitrogens is 1. The second-order valence-corrected chi connectivity index (χ2v) is 10.9. The number of carbonyl (C=O) groups excluding carboxylic acids is 2. The average Bonchev–Trinajstić information content (AvgIpc) is 3.48. The first kappa shape index (κ1) is 25.5. The van der Waals surface area contributed by atoms with Gasteiger partial charge >= 0.3 is 5.97 Å². The minimum absolute atomic E-state index is 0.0978. The van der Waals surface area contributed by atoms with E-state index in [1.54, 1.807) is 0 Å². The first-order chi connectivity index (χ1) is 17.0. The zero-order valence-corrected chi connectivity index (χ0v) is 20.5. The maximum absolute atomic E-state index is 13.2. The summed E-state index contributed by atoms with van der Waals surface area (Å²) in [6, 6.07) is 5.32. The fourth-order valence-corrected chi connectivity index (χ4v) is 5.45. The number of carboxylic acid groups (broad SMARTS) is 1. The van der Waals surface area contributed by atoms with Gasteiger partial charge in [0.1, 0.15) is 5.69 Å². The highest BCUT2D eigenvalue weighted by Crippen LogP contribution is 2.47. The summed E-state index contributed by atoms with van der Waals surface area (Å²) in [5.41, 5.74) is 3.84. The van der Waals surface area contributed by atoms with Crippen LogP contribution < -0.4 is 11.1 Å². The molecule has 0 spiro atoms. The number of sulfone groups is 1. The molecule has 0 bridgehead atoms. The number of anilines is 1. The third-order valence-electron chi connectivity index (χ3n) is 6.02. The Morgan fingerprint density at radius 1 is 1.25 bits per heavy atom. The molecule has 6 N–H and O–H groups in total. The maximum atomic E-state index is 13.2. The minimum Gasteiger partial charge on any atom is -0.505 e. The van der Waals surface area contributed by atoms with Crippen molar-refractivity contribution in [2.45, 2.75) is 18.2 Å². The first-order valence-corrected chi connectivity index (χ1v) is 12.8. The van der Waals surface area contributed by atoms with Gasteiger partial charge in [0.25, 0.3) is 5.91 Å². The molecule has 0 radical (unpaired) electrons. The normalized spacial score (nSPS) is 15.8. The van der Waals surface area contributed by atoms with Crippen molar-refractivity contribution in [1.82, 2.24) is 4.98 Å². The Hall–Kier alpha value is -3.61. The maximum Gasteiger partial charge on any atom is 0.352 e. The predicted molar refractivity (Wildman–Crippen MR) is 131 cm³/mol. The molecule has 2 aromatic carbocycles. The molecule has 1 atom stereocenters. The number of nitrogens with two attached hydrogens (primary N) is 1. The van der Waals surface area contributed by atoms with E-state index in [4.69, 9.17) is 22.1 Å². The molecule has 3 aromatic rings. The molecule has 1 fully saturated rings. The zero-order chi connectivity index (χ0) is 26.4. The molecule has 1 aliphatic heterocycles. The highest BCUT2D eigenvalue weighted by atomic mass is 35.5. The van der Waals surface area contributed by atoms with E-state index in [0.717, 1.165) is 6.07 Å². The lowest BCUT2D eigenvalue weighted by atomic mass is 9.96. The van der Waals surface area contributed by atoms with Gasteiger partial charge in [0, 0.05) is 33.7 Å². The zero-order valence-electron chi connectivity index (χ0n) is 18.9. The summed E-state index contributed by atoms with van der Waals surface area (Å²) in [5.74, 6) is -5.04. The summed E-state index contributed by atoms with van der Waals surface area (Å²) in [6.07, 6.45) is 0.376. The van der Waals surface area contributed by atoms with E-state index in [-0.39, 0.29) is 28.1 Å². The number of aromatic amines is 1. The van der Waals surface area contributed by atoms with Crippen LogP contribution in [0.4, 0.5) is 5.69 Å². The number of aromatic hydroxyl groups is 1. The van der Waals surface area contributed by atoms with Crippen molar-refractivity contribution in [2.24, 2.45) is 11.7 Å². The number of primary amides is 1. The highest BCUT2D eigenvalue weighted by molar-refractivity contribution is 7.91. The van der Waals surface area contributed by atoms with Gasteiger partial charge < -0.3 is 31.0 Å². The molecule has 1 saturated heterocycles. The van der Waals surface area contributed by atoms with Crippen molar-refractivity contribution >= 4 is 55.8 Å². The number of nitrogens with one attached hydrogen (secondary N) is 2. The number of phenols is 1. The summed E-state index contributed by atoms with van der Waals surface area (Å²) in [7, 11) is -4.16. The second kappa shape index (κ2) is 9.45. The lowest BCUT2D eigenvalue weighted by Crippen LogP contribution is -2.24. The van der Waals surface area contributed by atoms with Crippen LogP contribution in [0.5, 0.6) is 5.75 Å². The van der Waals surface area contributed by atoms with E-state index in [0.29, 0.717) is 18.5 Å². The number of aromatic carboxylic acids is 1. The number of fused-ring (bicyclic) bond motifs is 1. The van der Waals surface area contributed by atoms with Gasteiger partial charge in [-0.1, -0.05) is 18.5 Å². The number of rotatable bonds is 7. The molecule has 2 amide bonds. The molecule has 1 aliphatic rings. The summed E-state index contributed by atoms with van der Waals surface area (Å²) >= 11 is 6.16. The third kappa shape index (κ3) is 4.38. The van der Waals surface area contributed by atoms with Crippen LogP contribution in [0.2, 0.25) is 5.02 Å². The number of amides is 2. The van der Waals surface area contributed by atoms with E-state index in [1.807, 2.05) is 0 Å². The predicted octanol–water partition coefficient (Wildman–Crippen LogP) is 2.76. The molecular formula is C23H22ClN3O8S. The number of benzene rings is 2. The molecule has 36 heavy (non-hydrogen) atoms. The Morgan fingerprint density at radius 3 is 2.56 bits per heavy atom. The lowest BCUT2D eigenvalue weighted by molar-refractivity contribution is -0.119. The topological polar surface area (TPSA) is 189 Å². The van der Waals surface area contributed by atoms with E-state index in [2.05, 4.69) is 10.3 Å². The Balaban J connectivity index is 2.17. The summed E-state index contributed by atoms with van der Waals surface area (Å²) < 4.78 is 31.7. The van der Waals surface area contributed by atoms with E-state index in [1.165, 1.54) is 25.1 Å². The number of ether oxygens (including phenoxy) is 1. The SMILES string of the molecule is CCS(=O)(=O)c1cc(C(N)=O)c(O)c(NC(=O)C2CCOC2)c1-c1c(C(=O)O)[nH]c2ccc(Cl)cc12. The molecule has 0 aliphatic carbocycles. The summed E-state index contributed by atoms with van der Waals surface area (Å²) in [6.45, 7) is 1.78. The van der Waals surface area contributed by atoms with E-state index in [9.17, 15) is 33.0 Å². The van der Waals surface area contributed by atoms with Crippen LogP contribution in [0.1, 0.15) is 34.2 Å². The molecule has 2 heterocycles. The van der Waals surface area contributed by atoms with E-state index >= 15 is 0 Å². The van der Waals surface area contributed by atoms with Crippen LogP contribution in [0.15, 0.2) is 29.2 Å². The Kier molecular flexibility index (Phi) is 6.69. The number of aromatic nitrogens is 1. The van der Waals surface area contributed by atoms with Gasteiger partial charge in [-0.25, -0.2) is 13.2 Å². The molecule has 1 aromatic heterocycles. The van der Waals surface area contributed by atoms with Gasteiger partial charge in [0.2, 0.25) is 5.91 Å². The first-order valence-electron chi connectivity index (χ1n) is 10.8. The van der Waals surface area contributed by atoms with Crippen molar-refractivity contribution in [2.75, 3.05) is 24.3 Å². The monoisotopic (exact) mass is 535 g/mol. The molecule has 190 valence electrons. The van der Waals surface area contributed by atoms with Crippen LogP contribution in [0, 0.1) is 5.92 Å². The van der Waals surface area contributed by atoms with Crippen LogP contribution in [-0.4, -0.2) is 60.4 Å². The van der Waals surface area contributed by atoms with Gasteiger partial charge in [0.15, 0.2) is 15.6 Å². The standard InChI is InChI=1S/C23H22ClN3O8S/c1-2-36(33,34)15-8-13(21(25)29)20(28)18(27-22(30)10-5-6-35-9-10)17(15)16-12-7-11(24)3-4-14(12)26-19(16)23(31)32/h3-4,7-8,10,26,28H,2,5-6,9H2,1H3,(H2,25,29)(H,27,30)(H,31,32). The number of halogens is 1. The smallest absolute Gasteiger partial charge is 0.352 e. The van der Waals surface area contributed by atoms with Gasteiger partial charge in [0.05, 0.1) is 34.4 Å². The quantitative estimate of drug-likeness (QED) is 0.285. The Morgan fingerprint density at radius 2 is 1.97 bits per heavy atom. The highest BCUT2D eigenvalue weighted by Gasteiger charge is 2.34. The largest absolute Gasteiger partial charge is 0.505 e. The van der Waals surface area contributed by atoms with Crippen LogP contribution >= 0.6 is 11.6 Å². The summed E-state index contributed by atoms with van der Waals surface area (Å²) in [5, 5.41) is 23.9. The molecule has 1 unspecified atom stereocenters. The fourth-order valence-electron chi connectivity index (χ4n) is 4.16. The number of hydrogen-bond donors (Lipinski definition) is 5. The Labute approximate surface area is 210 Å². The van der Waals surface area contributed by atoms with Gasteiger partial charge in [-0.3, -0.25) is 9.59 Å². The van der Waals surface area contributed by atoms with Gasteiger partial charge in [-0.2, -0.15) is 0 Å².